The van der Waals surface area contributed by atoms with Crippen LogP contribution in [0.4, 0.5) is 0 Å². The van der Waals surface area contributed by atoms with Crippen LogP contribution in [0, 0.1) is 0 Å². The van der Waals surface area contributed by atoms with Gasteiger partial charge in [-0.05, 0) is 79.9 Å². The first-order valence-corrected chi connectivity index (χ1v) is 14.6. The Morgan fingerprint density at radius 2 is 0.707 bits per heavy atom. The molecular weight excluding hydrogens is 543 g/mol. The zero-order valence-electron chi connectivity index (χ0n) is 21.9. The van der Waals surface area contributed by atoms with Gasteiger partial charge in [-0.25, -0.2) is 0 Å². The van der Waals surface area contributed by atoms with Crippen molar-refractivity contribution >= 4 is 45.1 Å². The molecule has 0 N–H and O–H groups in total. The highest BCUT2D eigenvalue weighted by Gasteiger charge is 2.44. The van der Waals surface area contributed by atoms with E-state index in [9.17, 15) is 0 Å². The molecule has 1 heterocycles. The van der Waals surface area contributed by atoms with E-state index in [0.717, 1.165) is 55.3 Å². The molecule has 0 bridgehead atoms. The Morgan fingerprint density at radius 3 is 1.05 bits per heavy atom. The van der Waals surface area contributed by atoms with Crippen LogP contribution in [-0.4, -0.2) is 0 Å². The van der Waals surface area contributed by atoms with E-state index in [0.29, 0.717) is 0 Å². The van der Waals surface area contributed by atoms with Gasteiger partial charge in [0.05, 0.1) is 0 Å². The normalized spacial score (nSPS) is 15.5. The minimum Gasteiger partial charge on any atom is -0.456 e. The summed E-state index contributed by atoms with van der Waals surface area (Å²) in [6, 6.07) is 46.5. The van der Waals surface area contributed by atoms with E-state index in [2.05, 4.69) is 133 Å². The summed E-state index contributed by atoms with van der Waals surface area (Å²) < 4.78 is 6.35. The number of fused-ring (bicyclic) bond motifs is 9. The Bertz CT molecular complexity index is 1960. The van der Waals surface area contributed by atoms with Crippen LogP contribution in [0.2, 0.25) is 0 Å². The molecule has 2 aliphatic carbocycles. The lowest BCUT2D eigenvalue weighted by Crippen LogP contribution is -2.19. The number of alkyl halides is 2. The maximum atomic E-state index is 7.69. The Morgan fingerprint density at radius 1 is 0.390 bits per heavy atom. The molecule has 6 aromatic carbocycles. The molecule has 1 aromatic heterocycles. The van der Waals surface area contributed by atoms with Crippen LogP contribution in [0.15, 0.2) is 138 Å². The van der Waals surface area contributed by atoms with Crippen molar-refractivity contribution in [1.29, 1.82) is 0 Å². The molecule has 0 atom stereocenters. The van der Waals surface area contributed by atoms with Crippen LogP contribution >= 0.6 is 23.2 Å². The van der Waals surface area contributed by atoms with Crippen LogP contribution in [0.1, 0.15) is 33.4 Å². The second-order valence-corrected chi connectivity index (χ2v) is 12.2. The standard InChI is InChI=1S/C38H22Cl2O/c39-37(31-13-5-1-9-25(31)26-10-2-6-14-32(26)37)23-17-19-35-29(21-23)30-22-24(18-20-36(30)41-35)38(40)33-15-7-3-11-27(33)28-12-4-8-16-34(28)38/h1-22H. The lowest BCUT2D eigenvalue weighted by atomic mass is 9.86. The van der Waals surface area contributed by atoms with Crippen molar-refractivity contribution in [2.75, 3.05) is 0 Å². The maximum Gasteiger partial charge on any atom is 0.135 e. The zero-order chi connectivity index (χ0) is 27.3. The third kappa shape index (κ3) is 2.93. The summed E-state index contributed by atoms with van der Waals surface area (Å²) in [4.78, 5) is -1.58. The van der Waals surface area contributed by atoms with Gasteiger partial charge in [0.1, 0.15) is 20.9 Å². The van der Waals surface area contributed by atoms with E-state index in [1.165, 1.54) is 22.3 Å². The van der Waals surface area contributed by atoms with Crippen LogP contribution < -0.4 is 0 Å². The Balaban J connectivity index is 1.28. The molecule has 0 saturated heterocycles. The van der Waals surface area contributed by atoms with Crippen molar-refractivity contribution in [3.05, 3.63) is 167 Å². The van der Waals surface area contributed by atoms with Crippen molar-refractivity contribution < 1.29 is 4.42 Å². The first-order valence-electron chi connectivity index (χ1n) is 13.8. The summed E-state index contributed by atoms with van der Waals surface area (Å²) in [5.74, 6) is 0. The van der Waals surface area contributed by atoms with Crippen molar-refractivity contribution in [2.24, 2.45) is 0 Å². The second kappa shape index (κ2) is 8.13. The fraction of sp³-hybridized carbons (Fsp3) is 0.0526. The molecule has 1 nitrogen and oxygen atoms in total. The summed E-state index contributed by atoms with van der Waals surface area (Å²) in [6.45, 7) is 0. The van der Waals surface area contributed by atoms with E-state index >= 15 is 0 Å². The number of rotatable bonds is 2. The van der Waals surface area contributed by atoms with E-state index in [-0.39, 0.29) is 0 Å². The molecule has 194 valence electrons. The monoisotopic (exact) mass is 564 g/mol. The van der Waals surface area contributed by atoms with Gasteiger partial charge in [-0.2, -0.15) is 0 Å². The number of halogens is 2. The predicted octanol–water partition coefficient (Wildman–Crippen LogP) is 10.6. The maximum absolute atomic E-state index is 7.69. The number of hydrogen-bond donors (Lipinski definition) is 0. The highest BCUT2D eigenvalue weighted by molar-refractivity contribution is 6.31. The second-order valence-electron chi connectivity index (χ2n) is 11.0. The molecule has 0 fully saturated rings. The van der Waals surface area contributed by atoms with Gasteiger partial charge in [0.15, 0.2) is 0 Å². The third-order valence-electron chi connectivity index (χ3n) is 9.04. The quantitative estimate of drug-likeness (QED) is 0.190. The van der Waals surface area contributed by atoms with Gasteiger partial charge in [0, 0.05) is 10.8 Å². The predicted molar refractivity (Wildman–Crippen MR) is 169 cm³/mol. The highest BCUT2D eigenvalue weighted by atomic mass is 35.5. The third-order valence-corrected chi connectivity index (χ3v) is 10.3. The summed E-state index contributed by atoms with van der Waals surface area (Å²) in [7, 11) is 0. The first kappa shape index (κ1) is 23.4. The van der Waals surface area contributed by atoms with Crippen molar-refractivity contribution in [2.45, 2.75) is 9.75 Å². The molecular formula is C38H22Cl2O. The van der Waals surface area contributed by atoms with Gasteiger partial charge in [0.2, 0.25) is 0 Å². The van der Waals surface area contributed by atoms with Crippen molar-refractivity contribution in [1.82, 2.24) is 0 Å². The van der Waals surface area contributed by atoms with Crippen LogP contribution in [0.25, 0.3) is 44.2 Å². The molecule has 0 radical (unpaired) electrons. The molecule has 41 heavy (non-hydrogen) atoms. The smallest absolute Gasteiger partial charge is 0.135 e. The summed E-state index contributed by atoms with van der Waals surface area (Å²) in [5.41, 5.74) is 12.9. The van der Waals surface area contributed by atoms with Gasteiger partial charge in [-0.3, -0.25) is 0 Å². The lowest BCUT2D eigenvalue weighted by Gasteiger charge is -2.26. The van der Waals surface area contributed by atoms with E-state index in [4.69, 9.17) is 27.6 Å². The zero-order valence-corrected chi connectivity index (χ0v) is 23.4. The molecule has 0 aliphatic heterocycles. The average molecular weight is 565 g/mol. The fourth-order valence-corrected chi connectivity index (χ4v) is 8.09. The van der Waals surface area contributed by atoms with Gasteiger partial charge in [-0.1, -0.05) is 109 Å². The minimum absolute atomic E-state index is 0.792. The molecule has 7 aromatic rings. The number of hydrogen-bond acceptors (Lipinski definition) is 1. The van der Waals surface area contributed by atoms with E-state index in [1.807, 2.05) is 0 Å². The number of furan rings is 1. The van der Waals surface area contributed by atoms with Crippen molar-refractivity contribution in [3.8, 4) is 22.3 Å². The summed E-state index contributed by atoms with van der Waals surface area (Å²) >= 11 is 15.4. The molecule has 2 aliphatic rings. The lowest BCUT2D eigenvalue weighted by molar-refractivity contribution is 0.668. The van der Waals surface area contributed by atoms with E-state index in [1.54, 1.807) is 0 Å². The van der Waals surface area contributed by atoms with Crippen LogP contribution in [-0.2, 0) is 9.75 Å². The van der Waals surface area contributed by atoms with Crippen LogP contribution in [0.3, 0.4) is 0 Å². The molecule has 0 unspecified atom stereocenters. The Hall–Kier alpha value is -4.30. The minimum atomic E-state index is -0.792. The Kier molecular flexibility index (Phi) is 4.64. The van der Waals surface area contributed by atoms with Gasteiger partial charge in [-0.15, -0.1) is 23.2 Å². The van der Waals surface area contributed by atoms with Gasteiger partial charge < -0.3 is 4.42 Å². The van der Waals surface area contributed by atoms with Crippen molar-refractivity contribution in [3.63, 3.8) is 0 Å². The Labute approximate surface area is 247 Å². The first-order chi connectivity index (χ1) is 20.1. The molecule has 0 spiro atoms. The topological polar surface area (TPSA) is 13.1 Å². The molecule has 9 rings (SSSR count). The molecule has 0 saturated carbocycles. The van der Waals surface area contributed by atoms with Crippen LogP contribution in [0.5, 0.6) is 0 Å². The summed E-state index contributed by atoms with van der Waals surface area (Å²) in [6.07, 6.45) is 0. The van der Waals surface area contributed by atoms with Gasteiger partial charge >= 0.3 is 0 Å². The SMILES string of the molecule is ClC1(c2ccc3oc4ccc(C5(Cl)c6ccccc6-c6ccccc65)cc4c3c2)c2ccccc2-c2ccccc21. The fourth-order valence-electron chi connectivity index (χ4n) is 7.19. The van der Waals surface area contributed by atoms with Gasteiger partial charge in [0.25, 0.3) is 0 Å². The highest BCUT2D eigenvalue weighted by Crippen LogP contribution is 2.57. The molecule has 3 heteroatoms. The largest absolute Gasteiger partial charge is 0.456 e. The molecule has 0 amide bonds. The average Bonchev–Trinajstić information content (AvgIpc) is 3.63. The number of benzene rings is 6. The van der Waals surface area contributed by atoms with E-state index < -0.39 is 9.75 Å². The summed E-state index contributed by atoms with van der Waals surface area (Å²) in [5, 5.41) is 2.06.